The summed E-state index contributed by atoms with van der Waals surface area (Å²) in [5.74, 6) is 1.12. The van der Waals surface area contributed by atoms with Gasteiger partial charge in [-0.15, -0.1) is 0 Å². The molecule has 1 fully saturated rings. The molecule has 18 heavy (non-hydrogen) atoms. The van der Waals surface area contributed by atoms with Gasteiger partial charge in [-0.25, -0.2) is 4.98 Å². The first-order valence-electron chi connectivity index (χ1n) is 6.30. The van der Waals surface area contributed by atoms with Gasteiger partial charge in [-0.1, -0.05) is 0 Å². The van der Waals surface area contributed by atoms with Gasteiger partial charge in [0, 0.05) is 20.1 Å². The summed E-state index contributed by atoms with van der Waals surface area (Å²) in [5.41, 5.74) is 7.45. The number of piperidine rings is 1. The third-order valence-corrected chi connectivity index (χ3v) is 3.41. The number of nitrogens with zero attached hydrogens (tertiary/aromatic N) is 2. The first-order chi connectivity index (χ1) is 8.61. The highest BCUT2D eigenvalue weighted by atomic mass is 16.1. The van der Waals surface area contributed by atoms with Crippen molar-refractivity contribution in [3.63, 3.8) is 0 Å². The van der Waals surface area contributed by atoms with Crippen molar-refractivity contribution < 1.29 is 4.79 Å². The number of aryl methyl sites for hydroxylation is 1. The van der Waals surface area contributed by atoms with Gasteiger partial charge in [0.25, 0.3) is 0 Å². The number of carbonyl (C=O) groups is 1. The predicted octanol–water partition coefficient (Wildman–Crippen LogP) is 0.935. The van der Waals surface area contributed by atoms with Crippen molar-refractivity contribution in [2.75, 3.05) is 30.8 Å². The summed E-state index contributed by atoms with van der Waals surface area (Å²) in [7, 11) is 1.69. The molecule has 1 atom stereocenters. The molecule has 98 valence electrons. The van der Waals surface area contributed by atoms with Crippen LogP contribution in [0.15, 0.2) is 12.3 Å². The largest absolute Gasteiger partial charge is 0.397 e. The molecule has 2 heterocycles. The number of nitrogens with one attached hydrogen (secondary N) is 1. The Morgan fingerprint density at radius 2 is 2.39 bits per heavy atom. The van der Waals surface area contributed by atoms with Crippen LogP contribution < -0.4 is 16.0 Å². The Labute approximate surface area is 107 Å². The van der Waals surface area contributed by atoms with Gasteiger partial charge in [0.1, 0.15) is 5.82 Å². The van der Waals surface area contributed by atoms with E-state index in [1.165, 1.54) is 0 Å². The summed E-state index contributed by atoms with van der Waals surface area (Å²) < 4.78 is 0. The molecule has 1 aliphatic rings. The zero-order chi connectivity index (χ0) is 13.1. The number of amides is 1. The molecule has 1 aromatic heterocycles. The van der Waals surface area contributed by atoms with E-state index in [2.05, 4.69) is 15.2 Å². The number of nitrogen functional groups attached to an aromatic ring is 1. The van der Waals surface area contributed by atoms with E-state index in [9.17, 15) is 4.79 Å². The van der Waals surface area contributed by atoms with E-state index in [-0.39, 0.29) is 11.8 Å². The number of anilines is 2. The lowest BCUT2D eigenvalue weighted by Crippen LogP contribution is -2.42. The first-order valence-corrected chi connectivity index (χ1v) is 6.30. The standard InChI is InChI=1S/C13H20N4O/c1-9-6-11(14)7-16-12(9)17-5-3-4-10(8-17)13(18)15-2/h6-7,10H,3-5,8,14H2,1-2H3,(H,15,18). The average molecular weight is 248 g/mol. The van der Waals surface area contributed by atoms with E-state index in [4.69, 9.17) is 5.73 Å². The van der Waals surface area contributed by atoms with Crippen molar-refractivity contribution in [2.45, 2.75) is 19.8 Å². The minimum Gasteiger partial charge on any atom is -0.397 e. The number of carbonyl (C=O) groups excluding carboxylic acids is 1. The molecule has 1 amide bonds. The molecule has 5 heteroatoms. The third kappa shape index (κ3) is 2.55. The lowest BCUT2D eigenvalue weighted by molar-refractivity contribution is -0.124. The van der Waals surface area contributed by atoms with Crippen LogP contribution in [0.5, 0.6) is 0 Å². The molecule has 1 aliphatic heterocycles. The third-order valence-electron chi connectivity index (χ3n) is 3.41. The Bertz CT molecular complexity index is 447. The molecule has 0 aromatic carbocycles. The Morgan fingerprint density at radius 1 is 1.61 bits per heavy atom. The predicted molar refractivity (Wildman–Crippen MR) is 72.4 cm³/mol. The summed E-state index contributed by atoms with van der Waals surface area (Å²) in [6.07, 6.45) is 3.64. The highest BCUT2D eigenvalue weighted by Gasteiger charge is 2.26. The van der Waals surface area contributed by atoms with Gasteiger partial charge < -0.3 is 16.0 Å². The molecule has 2 rings (SSSR count). The average Bonchev–Trinajstić information content (AvgIpc) is 2.38. The maximum absolute atomic E-state index is 11.7. The molecular weight excluding hydrogens is 228 g/mol. The van der Waals surface area contributed by atoms with E-state index >= 15 is 0 Å². The Hall–Kier alpha value is -1.78. The summed E-state index contributed by atoms with van der Waals surface area (Å²) in [6.45, 7) is 3.69. The molecule has 1 aromatic rings. The zero-order valence-corrected chi connectivity index (χ0v) is 10.9. The van der Waals surface area contributed by atoms with Gasteiger partial charge in [-0.05, 0) is 31.4 Å². The Morgan fingerprint density at radius 3 is 3.06 bits per heavy atom. The molecule has 1 saturated heterocycles. The van der Waals surface area contributed by atoms with Gasteiger partial charge >= 0.3 is 0 Å². The number of nitrogens with two attached hydrogens (primary N) is 1. The second kappa shape index (κ2) is 5.25. The maximum Gasteiger partial charge on any atom is 0.224 e. The minimum absolute atomic E-state index is 0.0579. The number of rotatable bonds is 2. The summed E-state index contributed by atoms with van der Waals surface area (Å²) in [4.78, 5) is 18.3. The molecule has 1 unspecified atom stereocenters. The molecule has 0 spiro atoms. The lowest BCUT2D eigenvalue weighted by atomic mass is 9.97. The van der Waals surface area contributed by atoms with Crippen LogP contribution in [0.4, 0.5) is 11.5 Å². The fourth-order valence-corrected chi connectivity index (χ4v) is 2.51. The van der Waals surface area contributed by atoms with Gasteiger partial charge in [0.2, 0.25) is 5.91 Å². The fraction of sp³-hybridized carbons (Fsp3) is 0.538. The second-order valence-corrected chi connectivity index (χ2v) is 4.81. The fourth-order valence-electron chi connectivity index (χ4n) is 2.51. The molecule has 5 nitrogen and oxygen atoms in total. The van der Waals surface area contributed by atoms with Gasteiger partial charge in [-0.2, -0.15) is 0 Å². The summed E-state index contributed by atoms with van der Waals surface area (Å²) in [5, 5.41) is 2.72. The molecular formula is C13H20N4O. The second-order valence-electron chi connectivity index (χ2n) is 4.81. The molecule has 0 bridgehead atoms. The summed E-state index contributed by atoms with van der Waals surface area (Å²) >= 11 is 0. The smallest absolute Gasteiger partial charge is 0.224 e. The quantitative estimate of drug-likeness (QED) is 0.817. The number of hydrogen-bond donors (Lipinski definition) is 2. The SMILES string of the molecule is CNC(=O)C1CCCN(c2ncc(N)cc2C)C1. The zero-order valence-electron chi connectivity index (χ0n) is 10.9. The van der Waals surface area contributed by atoms with Crippen molar-refractivity contribution in [3.05, 3.63) is 17.8 Å². The van der Waals surface area contributed by atoms with Crippen LogP contribution in [0.25, 0.3) is 0 Å². The Balaban J connectivity index is 2.15. The lowest BCUT2D eigenvalue weighted by Gasteiger charge is -2.33. The van der Waals surface area contributed by atoms with Crippen LogP contribution in [-0.4, -0.2) is 31.0 Å². The van der Waals surface area contributed by atoms with Crippen molar-refractivity contribution in [1.82, 2.24) is 10.3 Å². The molecule has 0 aliphatic carbocycles. The van der Waals surface area contributed by atoms with Crippen LogP contribution in [0, 0.1) is 12.8 Å². The number of aromatic nitrogens is 1. The Kier molecular flexibility index (Phi) is 3.69. The van der Waals surface area contributed by atoms with E-state index in [0.717, 1.165) is 37.3 Å². The van der Waals surface area contributed by atoms with Crippen LogP contribution in [-0.2, 0) is 4.79 Å². The minimum atomic E-state index is 0.0579. The highest BCUT2D eigenvalue weighted by Crippen LogP contribution is 2.25. The number of hydrogen-bond acceptors (Lipinski definition) is 4. The monoisotopic (exact) mass is 248 g/mol. The normalized spacial score (nSPS) is 19.7. The van der Waals surface area contributed by atoms with E-state index in [1.54, 1.807) is 13.2 Å². The van der Waals surface area contributed by atoms with E-state index in [0.29, 0.717) is 5.69 Å². The molecule has 3 N–H and O–H groups in total. The van der Waals surface area contributed by atoms with Crippen LogP contribution in [0.3, 0.4) is 0 Å². The topological polar surface area (TPSA) is 71.2 Å². The maximum atomic E-state index is 11.7. The van der Waals surface area contributed by atoms with E-state index < -0.39 is 0 Å². The van der Waals surface area contributed by atoms with Crippen molar-refractivity contribution in [1.29, 1.82) is 0 Å². The van der Waals surface area contributed by atoms with Gasteiger partial charge in [0.15, 0.2) is 0 Å². The van der Waals surface area contributed by atoms with Crippen LogP contribution in [0.2, 0.25) is 0 Å². The van der Waals surface area contributed by atoms with Crippen molar-refractivity contribution in [2.24, 2.45) is 5.92 Å². The van der Waals surface area contributed by atoms with Crippen molar-refractivity contribution >= 4 is 17.4 Å². The van der Waals surface area contributed by atoms with Gasteiger partial charge in [-0.3, -0.25) is 4.79 Å². The highest BCUT2D eigenvalue weighted by molar-refractivity contribution is 5.79. The van der Waals surface area contributed by atoms with Crippen LogP contribution in [0.1, 0.15) is 18.4 Å². The van der Waals surface area contributed by atoms with Gasteiger partial charge in [0.05, 0.1) is 17.8 Å². The molecule has 0 saturated carbocycles. The van der Waals surface area contributed by atoms with E-state index in [1.807, 2.05) is 13.0 Å². The number of pyridine rings is 1. The first kappa shape index (κ1) is 12.7. The summed E-state index contributed by atoms with van der Waals surface area (Å²) in [6, 6.07) is 1.92. The van der Waals surface area contributed by atoms with Crippen LogP contribution >= 0.6 is 0 Å². The van der Waals surface area contributed by atoms with Crippen molar-refractivity contribution in [3.8, 4) is 0 Å². The molecule has 0 radical (unpaired) electrons.